The van der Waals surface area contributed by atoms with Crippen LogP contribution in [-0.4, -0.2) is 42.5 Å². The summed E-state index contributed by atoms with van der Waals surface area (Å²) in [5, 5.41) is 14.1. The Bertz CT molecular complexity index is 313. The third kappa shape index (κ3) is 3.41. The van der Waals surface area contributed by atoms with E-state index in [0.717, 1.165) is 6.42 Å². The smallest absolute Gasteiger partial charge is 0.242 e. The van der Waals surface area contributed by atoms with Crippen LogP contribution in [0.3, 0.4) is 0 Å². The van der Waals surface area contributed by atoms with Crippen LogP contribution in [0, 0.1) is 0 Å². The summed E-state index contributed by atoms with van der Waals surface area (Å²) in [4.78, 5) is 0. The van der Waals surface area contributed by atoms with E-state index in [1.54, 1.807) is 18.0 Å². The SMILES string of the molecule is CC(CCS(C)=O)Nc1nnnn1C. The number of aromatic nitrogens is 4. The van der Waals surface area contributed by atoms with Crippen molar-refractivity contribution in [2.45, 2.75) is 19.4 Å². The molecule has 6 nitrogen and oxygen atoms in total. The van der Waals surface area contributed by atoms with Gasteiger partial charge in [-0.15, -0.1) is 0 Å². The van der Waals surface area contributed by atoms with E-state index in [-0.39, 0.29) is 6.04 Å². The van der Waals surface area contributed by atoms with Crippen LogP contribution in [0.4, 0.5) is 5.95 Å². The molecular formula is C7H15N5OS. The lowest BCUT2D eigenvalue weighted by atomic mass is 10.3. The number of nitrogens with zero attached hydrogens (tertiary/aromatic N) is 4. The molecule has 2 atom stereocenters. The standard InChI is InChI=1S/C7H15N5OS/c1-6(4-5-14(3)13)8-7-9-10-11-12(7)2/h6H,4-5H2,1-3H3,(H,8,9,11). The Labute approximate surface area is 85.5 Å². The Morgan fingerprint density at radius 2 is 2.36 bits per heavy atom. The molecule has 80 valence electrons. The van der Waals surface area contributed by atoms with Crippen molar-refractivity contribution < 1.29 is 4.21 Å². The van der Waals surface area contributed by atoms with Gasteiger partial charge in [0.15, 0.2) is 0 Å². The van der Waals surface area contributed by atoms with Crippen molar-refractivity contribution in [2.24, 2.45) is 7.05 Å². The van der Waals surface area contributed by atoms with Crippen LogP contribution < -0.4 is 5.32 Å². The van der Waals surface area contributed by atoms with E-state index in [0.29, 0.717) is 11.7 Å². The van der Waals surface area contributed by atoms with Gasteiger partial charge in [-0.1, -0.05) is 5.10 Å². The van der Waals surface area contributed by atoms with Gasteiger partial charge in [0, 0.05) is 35.9 Å². The highest BCUT2D eigenvalue weighted by Crippen LogP contribution is 2.02. The Balaban J connectivity index is 2.37. The van der Waals surface area contributed by atoms with E-state index in [4.69, 9.17) is 0 Å². The number of anilines is 1. The molecule has 1 rings (SSSR count). The Morgan fingerprint density at radius 3 is 2.86 bits per heavy atom. The summed E-state index contributed by atoms with van der Waals surface area (Å²) < 4.78 is 12.4. The summed E-state index contributed by atoms with van der Waals surface area (Å²) in [7, 11) is 1.03. The van der Waals surface area contributed by atoms with Crippen molar-refractivity contribution in [3.05, 3.63) is 0 Å². The molecule has 1 aromatic rings. The molecule has 0 bridgehead atoms. The number of rotatable bonds is 5. The third-order valence-electron chi connectivity index (χ3n) is 1.83. The van der Waals surface area contributed by atoms with Crippen molar-refractivity contribution in [1.29, 1.82) is 0 Å². The second-order valence-corrected chi connectivity index (χ2v) is 4.79. The first-order valence-electron chi connectivity index (χ1n) is 4.38. The van der Waals surface area contributed by atoms with Crippen LogP contribution in [0.5, 0.6) is 0 Å². The Morgan fingerprint density at radius 1 is 1.64 bits per heavy atom. The minimum Gasteiger partial charge on any atom is -0.351 e. The van der Waals surface area contributed by atoms with Gasteiger partial charge < -0.3 is 5.32 Å². The van der Waals surface area contributed by atoms with Gasteiger partial charge in [0.1, 0.15) is 0 Å². The quantitative estimate of drug-likeness (QED) is 0.738. The maximum absolute atomic E-state index is 10.9. The molecule has 0 saturated carbocycles. The zero-order valence-electron chi connectivity index (χ0n) is 8.60. The van der Waals surface area contributed by atoms with Crippen LogP contribution in [0.2, 0.25) is 0 Å². The van der Waals surface area contributed by atoms with Gasteiger partial charge in [0.25, 0.3) is 0 Å². The lowest BCUT2D eigenvalue weighted by molar-refractivity contribution is 0.673. The fraction of sp³-hybridized carbons (Fsp3) is 0.857. The minimum atomic E-state index is -0.738. The number of nitrogens with one attached hydrogen (secondary N) is 1. The molecule has 0 aromatic carbocycles. The molecule has 0 aliphatic carbocycles. The van der Waals surface area contributed by atoms with Crippen LogP contribution >= 0.6 is 0 Å². The van der Waals surface area contributed by atoms with Gasteiger partial charge >= 0.3 is 0 Å². The first kappa shape index (κ1) is 11.1. The molecule has 1 heterocycles. The molecule has 0 aliphatic heterocycles. The maximum atomic E-state index is 10.9. The molecule has 0 saturated heterocycles. The summed E-state index contributed by atoms with van der Waals surface area (Å²) in [6, 6.07) is 0.226. The predicted molar refractivity (Wildman–Crippen MR) is 55.4 cm³/mol. The second-order valence-electron chi connectivity index (χ2n) is 3.24. The molecule has 2 unspecified atom stereocenters. The third-order valence-corrected chi connectivity index (χ3v) is 2.64. The van der Waals surface area contributed by atoms with Gasteiger partial charge in [-0.25, -0.2) is 4.68 Å². The molecular weight excluding hydrogens is 202 g/mol. The lowest BCUT2D eigenvalue weighted by Crippen LogP contribution is -2.20. The molecule has 7 heteroatoms. The molecule has 1 N–H and O–H groups in total. The van der Waals surface area contributed by atoms with Gasteiger partial charge in [0.05, 0.1) is 0 Å². The average molecular weight is 217 g/mol. The Kier molecular flexibility index (Phi) is 3.99. The normalized spacial score (nSPS) is 15.1. The van der Waals surface area contributed by atoms with Gasteiger partial charge in [-0.2, -0.15) is 0 Å². The second kappa shape index (κ2) is 5.04. The first-order valence-corrected chi connectivity index (χ1v) is 6.11. The van der Waals surface area contributed by atoms with E-state index >= 15 is 0 Å². The number of tetrazole rings is 1. The largest absolute Gasteiger partial charge is 0.351 e. The van der Waals surface area contributed by atoms with E-state index in [1.165, 1.54) is 0 Å². The predicted octanol–water partition coefficient (Wildman–Crippen LogP) is -0.221. The highest BCUT2D eigenvalue weighted by molar-refractivity contribution is 7.84. The van der Waals surface area contributed by atoms with E-state index in [9.17, 15) is 4.21 Å². The van der Waals surface area contributed by atoms with Crippen LogP contribution in [-0.2, 0) is 17.8 Å². The molecule has 1 aromatic heterocycles. The number of hydrogen-bond acceptors (Lipinski definition) is 5. The zero-order chi connectivity index (χ0) is 10.6. The number of hydrogen-bond donors (Lipinski definition) is 1. The fourth-order valence-electron chi connectivity index (χ4n) is 0.987. The lowest BCUT2D eigenvalue weighted by Gasteiger charge is -2.11. The van der Waals surface area contributed by atoms with Crippen molar-refractivity contribution in [2.75, 3.05) is 17.3 Å². The summed E-state index contributed by atoms with van der Waals surface area (Å²) in [5.74, 6) is 1.33. The van der Waals surface area contributed by atoms with Crippen molar-refractivity contribution in [1.82, 2.24) is 20.2 Å². The van der Waals surface area contributed by atoms with Crippen LogP contribution in [0.1, 0.15) is 13.3 Å². The summed E-state index contributed by atoms with van der Waals surface area (Å²) in [6.45, 7) is 2.02. The molecule has 0 spiro atoms. The zero-order valence-corrected chi connectivity index (χ0v) is 9.41. The van der Waals surface area contributed by atoms with E-state index in [1.807, 2.05) is 6.92 Å². The maximum Gasteiger partial charge on any atom is 0.242 e. The van der Waals surface area contributed by atoms with Gasteiger partial charge in [-0.05, 0) is 23.8 Å². The number of aryl methyl sites for hydroxylation is 1. The van der Waals surface area contributed by atoms with E-state index < -0.39 is 10.8 Å². The van der Waals surface area contributed by atoms with Crippen LogP contribution in [0.15, 0.2) is 0 Å². The van der Waals surface area contributed by atoms with Gasteiger partial charge in [0.2, 0.25) is 5.95 Å². The fourth-order valence-corrected chi connectivity index (χ4v) is 1.67. The van der Waals surface area contributed by atoms with Crippen molar-refractivity contribution in [3.63, 3.8) is 0 Å². The summed E-state index contributed by atoms with van der Waals surface area (Å²) >= 11 is 0. The minimum absolute atomic E-state index is 0.226. The first-order chi connectivity index (χ1) is 6.59. The molecule has 0 radical (unpaired) electrons. The van der Waals surface area contributed by atoms with Crippen molar-refractivity contribution >= 4 is 16.7 Å². The molecule has 0 amide bonds. The van der Waals surface area contributed by atoms with Crippen LogP contribution in [0.25, 0.3) is 0 Å². The van der Waals surface area contributed by atoms with Crippen molar-refractivity contribution in [3.8, 4) is 0 Å². The van der Waals surface area contributed by atoms with E-state index in [2.05, 4.69) is 20.8 Å². The monoisotopic (exact) mass is 217 g/mol. The molecule has 14 heavy (non-hydrogen) atoms. The molecule has 0 fully saturated rings. The topological polar surface area (TPSA) is 72.7 Å². The summed E-state index contributed by atoms with van der Waals surface area (Å²) in [6.07, 6.45) is 2.55. The Hall–Kier alpha value is -0.980. The highest BCUT2D eigenvalue weighted by Gasteiger charge is 2.07. The molecule has 0 aliphatic rings. The summed E-state index contributed by atoms with van der Waals surface area (Å²) in [5.41, 5.74) is 0. The average Bonchev–Trinajstić information content (AvgIpc) is 2.49. The van der Waals surface area contributed by atoms with Gasteiger partial charge in [-0.3, -0.25) is 4.21 Å². The highest BCUT2D eigenvalue weighted by atomic mass is 32.2.